The molecule has 0 saturated heterocycles. The molecule has 2 aliphatic carbocycles. The summed E-state index contributed by atoms with van der Waals surface area (Å²) >= 11 is 0. The third-order valence-electron chi connectivity index (χ3n) is 5.08. The maximum atomic E-state index is 6.39. The van der Waals surface area contributed by atoms with Crippen molar-refractivity contribution in [2.75, 3.05) is 0 Å². The summed E-state index contributed by atoms with van der Waals surface area (Å²) in [6, 6.07) is 0.844. The lowest BCUT2D eigenvalue weighted by Crippen LogP contribution is -2.47. The summed E-state index contributed by atoms with van der Waals surface area (Å²) in [7, 11) is 0. The zero-order valence-corrected chi connectivity index (χ0v) is 11.3. The van der Waals surface area contributed by atoms with E-state index in [0.29, 0.717) is 6.04 Å². The number of aromatic nitrogens is 3. The second-order valence-corrected chi connectivity index (χ2v) is 6.27. The van der Waals surface area contributed by atoms with Crippen LogP contribution in [0.25, 0.3) is 0 Å². The van der Waals surface area contributed by atoms with Gasteiger partial charge in [-0.05, 0) is 25.7 Å². The predicted molar refractivity (Wildman–Crippen MR) is 71.3 cm³/mol. The Morgan fingerprint density at radius 2 is 1.94 bits per heavy atom. The van der Waals surface area contributed by atoms with Gasteiger partial charge in [0.05, 0.1) is 0 Å². The first-order chi connectivity index (χ1) is 8.72. The normalized spacial score (nSPS) is 34.0. The molecule has 2 aliphatic rings. The summed E-state index contributed by atoms with van der Waals surface area (Å²) in [5.41, 5.74) is 6.42. The fraction of sp³-hybridized carbons (Fsp3) is 0.857. The highest BCUT2D eigenvalue weighted by molar-refractivity contribution is 5.13. The quantitative estimate of drug-likeness (QED) is 0.875. The van der Waals surface area contributed by atoms with Gasteiger partial charge in [-0.1, -0.05) is 32.6 Å². The van der Waals surface area contributed by atoms with E-state index < -0.39 is 0 Å². The summed E-state index contributed by atoms with van der Waals surface area (Å²) in [4.78, 5) is 0. The predicted octanol–water partition coefficient (Wildman–Crippen LogP) is 2.55. The van der Waals surface area contributed by atoms with Crippen molar-refractivity contribution in [1.82, 2.24) is 14.8 Å². The first-order valence-corrected chi connectivity index (χ1v) is 7.37. The Morgan fingerprint density at radius 3 is 2.67 bits per heavy atom. The number of hydrogen-bond acceptors (Lipinski definition) is 3. The summed E-state index contributed by atoms with van der Waals surface area (Å²) in [5.74, 6) is 1.14. The van der Waals surface area contributed by atoms with Gasteiger partial charge >= 0.3 is 0 Å². The van der Waals surface area contributed by atoms with Crippen molar-refractivity contribution in [2.45, 2.75) is 75.8 Å². The molecule has 2 unspecified atom stereocenters. The second kappa shape index (κ2) is 4.65. The Bertz CT molecular complexity index is 408. The molecule has 1 heterocycles. The zero-order valence-electron chi connectivity index (χ0n) is 11.3. The van der Waals surface area contributed by atoms with Crippen LogP contribution in [0, 0.1) is 0 Å². The minimum absolute atomic E-state index is 0.0251. The molecule has 1 aromatic heterocycles. The Morgan fingerprint density at radius 1 is 1.22 bits per heavy atom. The molecule has 2 N–H and O–H groups in total. The summed E-state index contributed by atoms with van der Waals surface area (Å²) in [5, 5.41) is 8.62. The van der Waals surface area contributed by atoms with Gasteiger partial charge in [0.2, 0.25) is 0 Å². The van der Waals surface area contributed by atoms with Gasteiger partial charge in [0, 0.05) is 17.5 Å². The Balaban J connectivity index is 1.93. The molecular formula is C14H24N4. The van der Waals surface area contributed by atoms with Crippen LogP contribution in [-0.4, -0.2) is 20.8 Å². The second-order valence-electron chi connectivity index (χ2n) is 6.27. The summed E-state index contributed by atoms with van der Waals surface area (Å²) < 4.78 is 2.33. The monoisotopic (exact) mass is 248 g/mol. The molecule has 0 amide bonds. The molecule has 0 aliphatic heterocycles. The maximum absolute atomic E-state index is 6.39. The highest BCUT2D eigenvalue weighted by Crippen LogP contribution is 2.40. The maximum Gasteiger partial charge on any atom is 0.140 e. The average Bonchev–Trinajstić information content (AvgIpc) is 3.01. The van der Waals surface area contributed by atoms with Crippen LogP contribution in [-0.2, 0) is 5.41 Å². The smallest absolute Gasteiger partial charge is 0.140 e. The van der Waals surface area contributed by atoms with Crippen LogP contribution in [0.15, 0.2) is 6.33 Å². The molecule has 2 saturated carbocycles. The number of rotatable bonds is 2. The number of nitrogens with two attached hydrogens (primary N) is 1. The van der Waals surface area contributed by atoms with E-state index in [1.54, 1.807) is 0 Å². The SMILES string of the molecule is CC1(c2nncn2C2CCCC2)CCCCC1N. The standard InChI is InChI=1S/C14H24N4/c1-14(9-5-4-8-12(14)15)13-17-16-10-18(13)11-6-2-3-7-11/h10-12H,2-9,15H2,1H3. The molecule has 0 radical (unpaired) electrons. The van der Waals surface area contributed by atoms with Crippen LogP contribution in [0.4, 0.5) is 0 Å². The molecule has 0 aromatic carbocycles. The highest BCUT2D eigenvalue weighted by atomic mass is 15.3. The van der Waals surface area contributed by atoms with Gasteiger partial charge in [-0.2, -0.15) is 0 Å². The van der Waals surface area contributed by atoms with Crippen molar-refractivity contribution in [3.63, 3.8) is 0 Å². The molecule has 100 valence electrons. The number of nitrogens with zero attached hydrogens (tertiary/aromatic N) is 3. The number of hydrogen-bond donors (Lipinski definition) is 1. The summed E-state index contributed by atoms with van der Waals surface area (Å²) in [6.07, 6.45) is 11.9. The van der Waals surface area contributed by atoms with Gasteiger partial charge in [-0.15, -0.1) is 10.2 Å². The van der Waals surface area contributed by atoms with Crippen LogP contribution >= 0.6 is 0 Å². The van der Waals surface area contributed by atoms with Gasteiger partial charge in [0.25, 0.3) is 0 Å². The largest absolute Gasteiger partial charge is 0.327 e. The van der Waals surface area contributed by atoms with E-state index in [0.717, 1.165) is 18.7 Å². The van der Waals surface area contributed by atoms with E-state index in [4.69, 9.17) is 5.73 Å². The fourth-order valence-electron chi connectivity index (χ4n) is 3.74. The minimum atomic E-state index is 0.0251. The van der Waals surface area contributed by atoms with Crippen LogP contribution in [0.5, 0.6) is 0 Å². The molecular weight excluding hydrogens is 224 g/mol. The topological polar surface area (TPSA) is 56.7 Å². The third-order valence-corrected chi connectivity index (χ3v) is 5.08. The van der Waals surface area contributed by atoms with Gasteiger partial charge < -0.3 is 10.3 Å². The molecule has 4 nitrogen and oxygen atoms in total. The van der Waals surface area contributed by atoms with E-state index in [-0.39, 0.29) is 11.5 Å². The Labute approximate surface area is 109 Å². The van der Waals surface area contributed by atoms with Crippen molar-refractivity contribution < 1.29 is 0 Å². The van der Waals surface area contributed by atoms with E-state index in [9.17, 15) is 0 Å². The van der Waals surface area contributed by atoms with Crippen molar-refractivity contribution in [2.24, 2.45) is 5.73 Å². The lowest BCUT2D eigenvalue weighted by Gasteiger charge is -2.39. The van der Waals surface area contributed by atoms with E-state index in [1.165, 1.54) is 38.5 Å². The van der Waals surface area contributed by atoms with Crippen molar-refractivity contribution in [1.29, 1.82) is 0 Å². The molecule has 18 heavy (non-hydrogen) atoms. The van der Waals surface area contributed by atoms with E-state index >= 15 is 0 Å². The Kier molecular flexibility index (Phi) is 3.14. The van der Waals surface area contributed by atoms with E-state index in [2.05, 4.69) is 21.7 Å². The molecule has 2 fully saturated rings. The lowest BCUT2D eigenvalue weighted by atomic mass is 9.71. The molecule has 3 rings (SSSR count). The van der Waals surface area contributed by atoms with Crippen LogP contribution in [0.3, 0.4) is 0 Å². The first kappa shape index (κ1) is 12.2. The average molecular weight is 248 g/mol. The minimum Gasteiger partial charge on any atom is -0.327 e. The van der Waals surface area contributed by atoms with Gasteiger partial charge in [-0.3, -0.25) is 0 Å². The van der Waals surface area contributed by atoms with Crippen molar-refractivity contribution >= 4 is 0 Å². The van der Waals surface area contributed by atoms with Crippen LogP contribution in [0.2, 0.25) is 0 Å². The van der Waals surface area contributed by atoms with Gasteiger partial charge in [0.15, 0.2) is 0 Å². The van der Waals surface area contributed by atoms with Crippen molar-refractivity contribution in [3.05, 3.63) is 12.2 Å². The zero-order chi connectivity index (χ0) is 12.6. The molecule has 0 spiro atoms. The first-order valence-electron chi connectivity index (χ1n) is 7.37. The Hall–Kier alpha value is -0.900. The van der Waals surface area contributed by atoms with E-state index in [1.807, 2.05) is 6.33 Å². The fourth-order valence-corrected chi connectivity index (χ4v) is 3.74. The summed E-state index contributed by atoms with van der Waals surface area (Å²) in [6.45, 7) is 2.28. The highest BCUT2D eigenvalue weighted by Gasteiger charge is 2.40. The van der Waals surface area contributed by atoms with Gasteiger partial charge in [0.1, 0.15) is 12.2 Å². The molecule has 2 atom stereocenters. The molecule has 0 bridgehead atoms. The van der Waals surface area contributed by atoms with Crippen molar-refractivity contribution in [3.8, 4) is 0 Å². The molecule has 4 heteroatoms. The van der Waals surface area contributed by atoms with Gasteiger partial charge in [-0.25, -0.2) is 0 Å². The van der Waals surface area contributed by atoms with Crippen LogP contribution < -0.4 is 5.73 Å². The third kappa shape index (κ3) is 1.87. The van der Waals surface area contributed by atoms with Crippen LogP contribution in [0.1, 0.15) is 70.2 Å². The lowest BCUT2D eigenvalue weighted by molar-refractivity contribution is 0.245. The molecule has 1 aromatic rings.